The van der Waals surface area contributed by atoms with E-state index in [2.05, 4.69) is 19.2 Å². The molecule has 0 aliphatic carbocycles. The van der Waals surface area contributed by atoms with Gasteiger partial charge in [0.2, 0.25) is 0 Å². The van der Waals surface area contributed by atoms with Crippen molar-refractivity contribution in [3.8, 4) is 5.75 Å². The van der Waals surface area contributed by atoms with Crippen molar-refractivity contribution in [1.29, 1.82) is 0 Å². The van der Waals surface area contributed by atoms with Crippen molar-refractivity contribution in [3.63, 3.8) is 0 Å². The Bertz CT molecular complexity index is 248. The molecule has 0 fully saturated rings. The summed E-state index contributed by atoms with van der Waals surface area (Å²) in [4.78, 5) is 0. The lowest BCUT2D eigenvalue weighted by Crippen LogP contribution is -2.25. The van der Waals surface area contributed by atoms with Gasteiger partial charge in [0, 0.05) is 6.54 Å². The Labute approximate surface area is 92.6 Å². The average molecular weight is 207 g/mol. The molecule has 15 heavy (non-hydrogen) atoms. The summed E-state index contributed by atoms with van der Waals surface area (Å²) in [5.74, 6) is 1.70. The Morgan fingerprint density at radius 2 is 2.00 bits per heavy atom. The zero-order valence-corrected chi connectivity index (χ0v) is 9.70. The summed E-state index contributed by atoms with van der Waals surface area (Å²) >= 11 is 0. The third-order valence-corrected chi connectivity index (χ3v) is 2.48. The molecule has 1 aromatic carbocycles. The van der Waals surface area contributed by atoms with E-state index < -0.39 is 0 Å². The Balaban J connectivity index is 2.03. The second-order valence-electron chi connectivity index (χ2n) is 3.88. The molecule has 0 aliphatic heterocycles. The van der Waals surface area contributed by atoms with Crippen molar-refractivity contribution in [2.24, 2.45) is 5.92 Å². The summed E-state index contributed by atoms with van der Waals surface area (Å²) in [7, 11) is 0. The normalized spacial score (nSPS) is 12.4. The van der Waals surface area contributed by atoms with Gasteiger partial charge in [0.05, 0.1) is 0 Å². The smallest absolute Gasteiger partial charge is 0.119 e. The van der Waals surface area contributed by atoms with Crippen LogP contribution in [0.1, 0.15) is 20.3 Å². The fraction of sp³-hybridized carbons (Fsp3) is 0.538. The van der Waals surface area contributed by atoms with Crippen LogP contribution in [-0.4, -0.2) is 19.7 Å². The van der Waals surface area contributed by atoms with Crippen LogP contribution in [0.5, 0.6) is 5.75 Å². The Kier molecular flexibility index (Phi) is 5.86. The Hall–Kier alpha value is -1.02. The van der Waals surface area contributed by atoms with E-state index in [9.17, 15) is 0 Å². The minimum Gasteiger partial charge on any atom is -0.492 e. The number of hydrogen-bond donors (Lipinski definition) is 1. The number of para-hydroxylation sites is 1. The summed E-state index contributed by atoms with van der Waals surface area (Å²) in [6.07, 6.45) is 1.23. The SMILES string of the molecule is CC[C@H](C)CNCCOc1ccccc1. The van der Waals surface area contributed by atoms with Crippen molar-refractivity contribution in [3.05, 3.63) is 30.3 Å². The Morgan fingerprint density at radius 3 is 2.67 bits per heavy atom. The fourth-order valence-corrected chi connectivity index (χ4v) is 1.25. The molecule has 0 heterocycles. The zero-order valence-electron chi connectivity index (χ0n) is 9.70. The minimum absolute atomic E-state index is 0.737. The molecule has 0 spiro atoms. The molecule has 0 aromatic heterocycles. The number of ether oxygens (including phenoxy) is 1. The molecule has 0 aliphatic rings. The van der Waals surface area contributed by atoms with Gasteiger partial charge in [-0.25, -0.2) is 0 Å². The molecule has 2 nitrogen and oxygen atoms in total. The van der Waals surface area contributed by atoms with Crippen LogP contribution < -0.4 is 10.1 Å². The van der Waals surface area contributed by atoms with Crippen LogP contribution in [0.4, 0.5) is 0 Å². The molecule has 0 saturated heterocycles. The molecule has 1 N–H and O–H groups in total. The quantitative estimate of drug-likeness (QED) is 0.694. The van der Waals surface area contributed by atoms with Crippen LogP contribution in [0.15, 0.2) is 30.3 Å². The predicted molar refractivity (Wildman–Crippen MR) is 64.3 cm³/mol. The van der Waals surface area contributed by atoms with Gasteiger partial charge in [0.25, 0.3) is 0 Å². The van der Waals surface area contributed by atoms with Gasteiger partial charge < -0.3 is 10.1 Å². The minimum atomic E-state index is 0.737. The van der Waals surface area contributed by atoms with Gasteiger partial charge in [-0.1, -0.05) is 38.5 Å². The molecule has 1 rings (SSSR count). The average Bonchev–Trinajstić information content (AvgIpc) is 2.29. The number of rotatable bonds is 7. The molecule has 0 radical (unpaired) electrons. The van der Waals surface area contributed by atoms with E-state index in [-0.39, 0.29) is 0 Å². The number of nitrogens with one attached hydrogen (secondary N) is 1. The van der Waals surface area contributed by atoms with E-state index in [1.54, 1.807) is 0 Å². The first-order chi connectivity index (χ1) is 7.33. The summed E-state index contributed by atoms with van der Waals surface area (Å²) in [6.45, 7) is 7.20. The standard InChI is InChI=1S/C13H21NO/c1-3-12(2)11-14-9-10-15-13-7-5-4-6-8-13/h4-8,12,14H,3,9-11H2,1-2H3/t12-/m0/s1. The predicted octanol–water partition coefficient (Wildman–Crippen LogP) is 2.70. The fourth-order valence-electron chi connectivity index (χ4n) is 1.25. The highest BCUT2D eigenvalue weighted by Crippen LogP contribution is 2.07. The molecular weight excluding hydrogens is 186 g/mol. The van der Waals surface area contributed by atoms with Crippen LogP contribution >= 0.6 is 0 Å². The first-order valence-corrected chi connectivity index (χ1v) is 5.71. The van der Waals surface area contributed by atoms with Gasteiger partial charge in [0.15, 0.2) is 0 Å². The third kappa shape index (κ3) is 5.43. The molecular formula is C13H21NO. The van der Waals surface area contributed by atoms with Crippen LogP contribution in [0.2, 0.25) is 0 Å². The van der Waals surface area contributed by atoms with Gasteiger partial charge in [0.1, 0.15) is 12.4 Å². The monoisotopic (exact) mass is 207 g/mol. The first kappa shape index (κ1) is 12.1. The number of benzene rings is 1. The maximum absolute atomic E-state index is 5.56. The van der Waals surface area contributed by atoms with Crippen LogP contribution in [0.3, 0.4) is 0 Å². The van der Waals surface area contributed by atoms with Gasteiger partial charge >= 0.3 is 0 Å². The highest BCUT2D eigenvalue weighted by molar-refractivity contribution is 5.20. The second-order valence-corrected chi connectivity index (χ2v) is 3.88. The largest absolute Gasteiger partial charge is 0.492 e. The lowest BCUT2D eigenvalue weighted by molar-refractivity contribution is 0.309. The first-order valence-electron chi connectivity index (χ1n) is 5.71. The van der Waals surface area contributed by atoms with Gasteiger partial charge in [-0.2, -0.15) is 0 Å². The molecule has 0 amide bonds. The van der Waals surface area contributed by atoms with E-state index in [4.69, 9.17) is 4.74 Å². The molecule has 0 bridgehead atoms. The molecule has 1 atom stereocenters. The Morgan fingerprint density at radius 1 is 1.27 bits per heavy atom. The maximum atomic E-state index is 5.56. The van der Waals surface area contributed by atoms with Gasteiger partial charge in [-0.15, -0.1) is 0 Å². The van der Waals surface area contributed by atoms with E-state index in [0.717, 1.165) is 31.4 Å². The molecule has 0 unspecified atom stereocenters. The molecule has 2 heteroatoms. The highest BCUT2D eigenvalue weighted by atomic mass is 16.5. The molecule has 0 saturated carbocycles. The lowest BCUT2D eigenvalue weighted by atomic mass is 10.1. The van der Waals surface area contributed by atoms with Crippen molar-refractivity contribution in [1.82, 2.24) is 5.32 Å². The van der Waals surface area contributed by atoms with Crippen LogP contribution in [0, 0.1) is 5.92 Å². The van der Waals surface area contributed by atoms with Crippen molar-refractivity contribution in [2.45, 2.75) is 20.3 Å². The van der Waals surface area contributed by atoms with E-state index in [1.807, 2.05) is 30.3 Å². The van der Waals surface area contributed by atoms with Gasteiger partial charge in [-0.3, -0.25) is 0 Å². The summed E-state index contributed by atoms with van der Waals surface area (Å²) in [5.41, 5.74) is 0. The molecule has 84 valence electrons. The molecule has 1 aromatic rings. The lowest BCUT2D eigenvalue weighted by Gasteiger charge is -2.10. The van der Waals surface area contributed by atoms with Crippen molar-refractivity contribution in [2.75, 3.05) is 19.7 Å². The summed E-state index contributed by atoms with van der Waals surface area (Å²) in [6, 6.07) is 9.93. The van der Waals surface area contributed by atoms with Crippen LogP contribution in [-0.2, 0) is 0 Å². The van der Waals surface area contributed by atoms with E-state index in [1.165, 1.54) is 6.42 Å². The van der Waals surface area contributed by atoms with Gasteiger partial charge in [-0.05, 0) is 24.6 Å². The maximum Gasteiger partial charge on any atom is 0.119 e. The summed E-state index contributed by atoms with van der Waals surface area (Å²) in [5, 5.41) is 3.38. The van der Waals surface area contributed by atoms with Crippen molar-refractivity contribution >= 4 is 0 Å². The number of hydrogen-bond acceptors (Lipinski definition) is 2. The van der Waals surface area contributed by atoms with E-state index >= 15 is 0 Å². The summed E-state index contributed by atoms with van der Waals surface area (Å²) < 4.78 is 5.56. The highest BCUT2D eigenvalue weighted by Gasteiger charge is 1.97. The van der Waals surface area contributed by atoms with Crippen molar-refractivity contribution < 1.29 is 4.74 Å². The third-order valence-electron chi connectivity index (χ3n) is 2.48. The topological polar surface area (TPSA) is 21.3 Å². The second kappa shape index (κ2) is 7.30. The zero-order chi connectivity index (χ0) is 10.9. The van der Waals surface area contributed by atoms with Crippen LogP contribution in [0.25, 0.3) is 0 Å². The van der Waals surface area contributed by atoms with E-state index in [0.29, 0.717) is 0 Å².